The highest BCUT2D eigenvalue weighted by atomic mass is 35.5. The van der Waals surface area contributed by atoms with E-state index in [-0.39, 0.29) is 5.54 Å². The van der Waals surface area contributed by atoms with Crippen molar-refractivity contribution in [1.82, 2.24) is 0 Å². The average molecular weight is 181 g/mol. The standard InChI is InChI=1S/C4H2ClF5/c5-2-1-3(6,7)4(8,9)10/h1-2H/b2-1+. The van der Waals surface area contributed by atoms with E-state index in [2.05, 4.69) is 11.6 Å². The van der Waals surface area contributed by atoms with E-state index in [1.807, 2.05) is 0 Å². The topological polar surface area (TPSA) is 0 Å². The summed E-state index contributed by atoms with van der Waals surface area (Å²) < 4.78 is 56.8. The number of allylic oxidation sites excluding steroid dienone is 1. The first-order valence-electron chi connectivity index (χ1n) is 2.04. The first kappa shape index (κ1) is 9.68. The van der Waals surface area contributed by atoms with Gasteiger partial charge in [-0.15, -0.1) is 0 Å². The van der Waals surface area contributed by atoms with Crippen molar-refractivity contribution in [3.8, 4) is 0 Å². The molecule has 0 N–H and O–H groups in total. The molecule has 0 atom stereocenters. The quantitative estimate of drug-likeness (QED) is 0.545. The summed E-state index contributed by atoms with van der Waals surface area (Å²) in [7, 11) is 0. The van der Waals surface area contributed by atoms with E-state index < -0.39 is 18.2 Å². The van der Waals surface area contributed by atoms with Crippen LogP contribution in [-0.4, -0.2) is 12.1 Å². The molecule has 0 aromatic carbocycles. The van der Waals surface area contributed by atoms with Crippen LogP contribution in [0.3, 0.4) is 0 Å². The predicted molar refractivity (Wildman–Crippen MR) is 26.0 cm³/mol. The summed E-state index contributed by atoms with van der Waals surface area (Å²) in [6.45, 7) is 0. The Balaban J connectivity index is 4.40. The van der Waals surface area contributed by atoms with Gasteiger partial charge in [-0.25, -0.2) is 0 Å². The van der Waals surface area contributed by atoms with Gasteiger partial charge >= 0.3 is 12.1 Å². The van der Waals surface area contributed by atoms with Crippen LogP contribution in [0.25, 0.3) is 0 Å². The Morgan fingerprint density at radius 2 is 1.40 bits per heavy atom. The van der Waals surface area contributed by atoms with Gasteiger partial charge < -0.3 is 0 Å². The second-order valence-corrected chi connectivity index (χ2v) is 1.67. The summed E-state index contributed by atoms with van der Waals surface area (Å²) in [5.74, 6) is -4.82. The largest absolute Gasteiger partial charge is 0.457 e. The number of hydrogen-bond acceptors (Lipinski definition) is 0. The normalized spacial score (nSPS) is 14.6. The minimum Gasteiger partial charge on any atom is -0.191 e. The molecule has 0 unspecified atom stereocenters. The molecule has 0 spiro atoms. The van der Waals surface area contributed by atoms with E-state index in [1.54, 1.807) is 0 Å². The molecule has 0 aliphatic rings. The van der Waals surface area contributed by atoms with Crippen LogP contribution in [-0.2, 0) is 0 Å². The van der Waals surface area contributed by atoms with Gasteiger partial charge in [-0.1, -0.05) is 11.6 Å². The van der Waals surface area contributed by atoms with E-state index in [1.165, 1.54) is 0 Å². The second kappa shape index (κ2) is 2.74. The van der Waals surface area contributed by atoms with Gasteiger partial charge in [0.2, 0.25) is 0 Å². The molecule has 0 bridgehead atoms. The van der Waals surface area contributed by atoms with Gasteiger partial charge in [-0.3, -0.25) is 0 Å². The molecular formula is C4H2ClF5. The molecule has 0 aliphatic carbocycles. The second-order valence-electron chi connectivity index (χ2n) is 1.41. The molecule has 6 heteroatoms. The molecule has 0 aromatic heterocycles. The predicted octanol–water partition coefficient (Wildman–Crippen LogP) is 2.94. The zero-order chi connectivity index (χ0) is 8.41. The SMILES string of the molecule is FC(F)(F)C(F)(F)/C=C/Cl. The Kier molecular flexibility index (Phi) is 2.65. The third-order valence-corrected chi connectivity index (χ3v) is 0.776. The van der Waals surface area contributed by atoms with E-state index in [0.717, 1.165) is 0 Å². The lowest BCUT2D eigenvalue weighted by Gasteiger charge is -2.14. The molecule has 60 valence electrons. The Morgan fingerprint density at radius 3 is 1.50 bits per heavy atom. The van der Waals surface area contributed by atoms with Crippen LogP contribution in [0.2, 0.25) is 0 Å². The molecule has 0 aliphatic heterocycles. The monoisotopic (exact) mass is 180 g/mol. The maximum atomic E-state index is 11.6. The van der Waals surface area contributed by atoms with Crippen LogP contribution >= 0.6 is 11.6 Å². The van der Waals surface area contributed by atoms with Gasteiger partial charge in [0.05, 0.1) is 0 Å². The van der Waals surface area contributed by atoms with Crippen molar-refractivity contribution in [2.75, 3.05) is 0 Å². The Hall–Kier alpha value is -0.320. The van der Waals surface area contributed by atoms with Crippen LogP contribution in [0.1, 0.15) is 0 Å². The van der Waals surface area contributed by atoms with E-state index in [0.29, 0.717) is 0 Å². The van der Waals surface area contributed by atoms with Gasteiger partial charge in [-0.2, -0.15) is 22.0 Å². The number of hydrogen-bond donors (Lipinski definition) is 0. The first-order valence-corrected chi connectivity index (χ1v) is 2.47. The van der Waals surface area contributed by atoms with Crippen molar-refractivity contribution in [3.05, 3.63) is 11.6 Å². The van der Waals surface area contributed by atoms with Crippen molar-refractivity contribution in [2.45, 2.75) is 12.1 Å². The first-order chi connectivity index (χ1) is 4.31. The molecular weight excluding hydrogens is 178 g/mol. The molecule has 0 nitrogen and oxygen atoms in total. The minimum absolute atomic E-state index is 0.132. The van der Waals surface area contributed by atoms with Gasteiger partial charge in [0, 0.05) is 11.6 Å². The third kappa shape index (κ3) is 2.13. The summed E-state index contributed by atoms with van der Waals surface area (Å²) in [5.41, 5.74) is 0.132. The molecule has 0 rings (SSSR count). The lowest BCUT2D eigenvalue weighted by Crippen LogP contribution is -2.33. The number of alkyl halides is 5. The lowest BCUT2D eigenvalue weighted by atomic mass is 10.3. The molecule has 0 amide bonds. The van der Waals surface area contributed by atoms with Gasteiger partial charge in [0.25, 0.3) is 0 Å². The molecule has 0 saturated carbocycles. The third-order valence-electron chi connectivity index (χ3n) is 0.650. The zero-order valence-electron chi connectivity index (χ0n) is 4.42. The number of rotatable bonds is 1. The fourth-order valence-corrected chi connectivity index (χ4v) is 0.332. The summed E-state index contributed by atoms with van der Waals surface area (Å²) in [6, 6.07) is 0. The number of halogens is 6. The summed E-state index contributed by atoms with van der Waals surface area (Å²) in [5, 5.41) is 0. The molecule has 0 aromatic rings. The fraction of sp³-hybridized carbons (Fsp3) is 0.500. The van der Waals surface area contributed by atoms with Crippen molar-refractivity contribution >= 4 is 11.6 Å². The van der Waals surface area contributed by atoms with Gasteiger partial charge in [0.15, 0.2) is 0 Å². The highest BCUT2D eigenvalue weighted by molar-refractivity contribution is 6.25. The highest BCUT2D eigenvalue weighted by Crippen LogP contribution is 2.36. The van der Waals surface area contributed by atoms with Crippen molar-refractivity contribution < 1.29 is 22.0 Å². The van der Waals surface area contributed by atoms with Gasteiger partial charge in [-0.05, 0) is 0 Å². The van der Waals surface area contributed by atoms with Crippen molar-refractivity contribution in [1.29, 1.82) is 0 Å². The smallest absolute Gasteiger partial charge is 0.191 e. The summed E-state index contributed by atoms with van der Waals surface area (Å²) in [6.07, 6.45) is -5.98. The van der Waals surface area contributed by atoms with Crippen LogP contribution in [0.15, 0.2) is 11.6 Å². The fourth-order valence-electron chi connectivity index (χ4n) is 0.174. The molecule has 0 radical (unpaired) electrons. The van der Waals surface area contributed by atoms with E-state index in [9.17, 15) is 22.0 Å². The Morgan fingerprint density at radius 1 is 1.00 bits per heavy atom. The Labute approximate surface area is 58.3 Å². The summed E-state index contributed by atoms with van der Waals surface area (Å²) >= 11 is 4.53. The van der Waals surface area contributed by atoms with Crippen LogP contribution < -0.4 is 0 Å². The highest BCUT2D eigenvalue weighted by Gasteiger charge is 2.55. The molecule has 0 heterocycles. The van der Waals surface area contributed by atoms with Crippen LogP contribution in [0.5, 0.6) is 0 Å². The maximum absolute atomic E-state index is 11.6. The van der Waals surface area contributed by atoms with E-state index >= 15 is 0 Å². The van der Waals surface area contributed by atoms with Crippen molar-refractivity contribution in [2.24, 2.45) is 0 Å². The zero-order valence-corrected chi connectivity index (χ0v) is 5.18. The lowest BCUT2D eigenvalue weighted by molar-refractivity contribution is -0.259. The van der Waals surface area contributed by atoms with Crippen LogP contribution in [0.4, 0.5) is 22.0 Å². The molecule has 0 fully saturated rings. The summed E-state index contributed by atoms with van der Waals surface area (Å²) in [4.78, 5) is 0. The average Bonchev–Trinajstić information content (AvgIpc) is 1.61. The minimum atomic E-state index is -5.56. The van der Waals surface area contributed by atoms with Crippen LogP contribution in [0, 0.1) is 0 Å². The van der Waals surface area contributed by atoms with Gasteiger partial charge in [0.1, 0.15) is 0 Å². The maximum Gasteiger partial charge on any atom is 0.457 e. The molecule has 10 heavy (non-hydrogen) atoms. The van der Waals surface area contributed by atoms with Crippen molar-refractivity contribution in [3.63, 3.8) is 0 Å². The molecule has 0 saturated heterocycles. The Bertz CT molecular complexity index is 135. The van der Waals surface area contributed by atoms with E-state index in [4.69, 9.17) is 0 Å².